The Bertz CT molecular complexity index is 691. The van der Waals surface area contributed by atoms with Gasteiger partial charge in [-0.1, -0.05) is 6.92 Å². The minimum Gasteiger partial charge on any atom is -0.481 e. The Morgan fingerprint density at radius 1 is 1.12 bits per heavy atom. The van der Waals surface area contributed by atoms with E-state index in [1.165, 1.54) is 24.3 Å². The molecule has 0 spiro atoms. The van der Waals surface area contributed by atoms with E-state index in [9.17, 15) is 27.6 Å². The van der Waals surface area contributed by atoms with Gasteiger partial charge in [0.05, 0.1) is 11.8 Å². The molecule has 2 atom stereocenters. The molecule has 3 amide bonds. The molecule has 1 aromatic carbocycles. The van der Waals surface area contributed by atoms with Crippen molar-refractivity contribution >= 4 is 29.3 Å². The molecule has 10 heteroatoms. The van der Waals surface area contributed by atoms with Crippen molar-refractivity contribution in [3.8, 4) is 0 Å². The van der Waals surface area contributed by atoms with Crippen molar-refractivity contribution in [1.82, 2.24) is 4.90 Å². The number of hydrogen-bond acceptors (Lipinski definition) is 3. The molecular weight excluding hydrogens is 355 g/mol. The summed E-state index contributed by atoms with van der Waals surface area (Å²) in [7, 11) is 0. The van der Waals surface area contributed by atoms with E-state index in [4.69, 9.17) is 5.11 Å². The Morgan fingerprint density at radius 3 is 2.08 bits per heavy atom. The Labute approximate surface area is 147 Å². The third-order valence-electron chi connectivity index (χ3n) is 4.09. The molecule has 0 bridgehead atoms. The van der Waals surface area contributed by atoms with Gasteiger partial charge in [-0.2, -0.15) is 13.2 Å². The number of likely N-dealkylation sites (tertiary alicyclic amines) is 1. The molecule has 0 saturated carbocycles. The van der Waals surface area contributed by atoms with Gasteiger partial charge in [0.2, 0.25) is 5.91 Å². The van der Waals surface area contributed by atoms with Crippen LogP contribution in [0.5, 0.6) is 0 Å². The van der Waals surface area contributed by atoms with Crippen molar-refractivity contribution in [3.63, 3.8) is 0 Å². The zero-order chi connectivity index (χ0) is 19.5. The fourth-order valence-electron chi connectivity index (χ4n) is 2.64. The van der Waals surface area contributed by atoms with Crippen molar-refractivity contribution in [3.05, 3.63) is 24.3 Å². The predicted molar refractivity (Wildman–Crippen MR) is 86.6 cm³/mol. The molecule has 1 heterocycles. The Morgan fingerprint density at radius 2 is 1.65 bits per heavy atom. The molecule has 142 valence electrons. The van der Waals surface area contributed by atoms with Gasteiger partial charge in [-0.15, -0.1) is 0 Å². The number of aliphatic carboxylic acids is 1. The first-order valence-electron chi connectivity index (χ1n) is 7.87. The van der Waals surface area contributed by atoms with Crippen molar-refractivity contribution in [2.24, 2.45) is 11.8 Å². The van der Waals surface area contributed by atoms with Crippen molar-refractivity contribution < 1.29 is 32.7 Å². The molecule has 1 aromatic rings. The van der Waals surface area contributed by atoms with Gasteiger partial charge in [0.25, 0.3) is 0 Å². The fourth-order valence-corrected chi connectivity index (χ4v) is 2.64. The van der Waals surface area contributed by atoms with Gasteiger partial charge in [0, 0.05) is 30.9 Å². The lowest BCUT2D eigenvalue weighted by molar-refractivity contribution is -0.187. The highest BCUT2D eigenvalue weighted by Crippen LogP contribution is 2.37. The second-order valence-electron chi connectivity index (χ2n) is 5.91. The van der Waals surface area contributed by atoms with E-state index in [-0.39, 0.29) is 5.91 Å². The second kappa shape index (κ2) is 7.63. The second-order valence-corrected chi connectivity index (χ2v) is 5.91. The highest BCUT2D eigenvalue weighted by Gasteiger charge is 2.53. The van der Waals surface area contributed by atoms with Crippen LogP contribution in [0.15, 0.2) is 24.3 Å². The summed E-state index contributed by atoms with van der Waals surface area (Å²) in [6.45, 7) is 0.464. The maximum atomic E-state index is 13.0. The molecule has 3 N–H and O–H groups in total. The number of alkyl halides is 3. The monoisotopic (exact) mass is 373 g/mol. The minimum absolute atomic E-state index is 0.184. The van der Waals surface area contributed by atoms with E-state index < -0.39 is 43.1 Å². The quantitative estimate of drug-likeness (QED) is 0.756. The van der Waals surface area contributed by atoms with E-state index in [0.29, 0.717) is 17.8 Å². The lowest BCUT2D eigenvalue weighted by Crippen LogP contribution is -2.35. The number of rotatable bonds is 4. The topological polar surface area (TPSA) is 98.7 Å². The van der Waals surface area contributed by atoms with Gasteiger partial charge >= 0.3 is 18.2 Å². The number of urea groups is 1. The van der Waals surface area contributed by atoms with Gasteiger partial charge in [-0.25, -0.2) is 4.79 Å². The number of halogens is 3. The number of carbonyl (C=O) groups excluding carboxylic acids is 2. The van der Waals surface area contributed by atoms with Crippen molar-refractivity contribution in [2.45, 2.75) is 19.5 Å². The summed E-state index contributed by atoms with van der Waals surface area (Å²) in [5.41, 5.74) is 0.825. The number of carbonyl (C=O) groups is 3. The number of nitrogens with zero attached hydrogens (tertiary/aromatic N) is 1. The summed E-state index contributed by atoms with van der Waals surface area (Å²) in [5, 5.41) is 14.0. The number of anilines is 2. The van der Waals surface area contributed by atoms with E-state index in [1.54, 1.807) is 6.92 Å². The minimum atomic E-state index is -4.70. The van der Waals surface area contributed by atoms with Gasteiger partial charge < -0.3 is 20.6 Å². The first-order valence-corrected chi connectivity index (χ1v) is 7.87. The van der Waals surface area contributed by atoms with E-state index in [2.05, 4.69) is 10.6 Å². The SMILES string of the molecule is CCC(=O)Nc1ccc(NC(=O)N2C[C@@H](C(F)(F)F)[C@H](C(=O)O)C2)cc1. The molecule has 0 radical (unpaired) electrons. The number of benzene rings is 1. The largest absolute Gasteiger partial charge is 0.481 e. The summed E-state index contributed by atoms with van der Waals surface area (Å²) in [6.07, 6.45) is -4.39. The standard InChI is InChI=1S/C16H18F3N3O4/c1-2-13(23)20-9-3-5-10(6-4-9)21-15(26)22-7-11(14(24)25)12(8-22)16(17,18)19/h3-6,11-12H,2,7-8H2,1H3,(H,20,23)(H,21,26)(H,24,25)/t11-,12-/m1/s1. The molecule has 0 aliphatic carbocycles. The predicted octanol–water partition coefficient (Wildman–Crippen LogP) is 2.76. The summed E-state index contributed by atoms with van der Waals surface area (Å²) >= 11 is 0. The molecule has 0 unspecified atom stereocenters. The lowest BCUT2D eigenvalue weighted by Gasteiger charge is -2.18. The van der Waals surface area contributed by atoms with E-state index in [1.807, 2.05) is 0 Å². The summed E-state index contributed by atoms with van der Waals surface area (Å²) < 4.78 is 38.9. The van der Waals surface area contributed by atoms with Crippen LogP contribution in [0.25, 0.3) is 0 Å². The molecule has 1 aliphatic heterocycles. The smallest absolute Gasteiger partial charge is 0.394 e. The zero-order valence-corrected chi connectivity index (χ0v) is 13.8. The molecule has 7 nitrogen and oxygen atoms in total. The zero-order valence-electron chi connectivity index (χ0n) is 13.8. The Balaban J connectivity index is 2.01. The maximum Gasteiger partial charge on any atom is 0.394 e. The van der Waals surface area contributed by atoms with Gasteiger partial charge in [0.1, 0.15) is 0 Å². The molecule has 2 rings (SSSR count). The van der Waals surface area contributed by atoms with Crippen LogP contribution in [-0.4, -0.2) is 47.2 Å². The molecule has 1 aliphatic rings. The van der Waals surface area contributed by atoms with Crippen molar-refractivity contribution in [2.75, 3.05) is 23.7 Å². The number of nitrogens with one attached hydrogen (secondary N) is 2. The van der Waals surface area contributed by atoms with Crippen LogP contribution in [-0.2, 0) is 9.59 Å². The van der Waals surface area contributed by atoms with Crippen LogP contribution in [0.3, 0.4) is 0 Å². The van der Waals surface area contributed by atoms with E-state index in [0.717, 1.165) is 4.90 Å². The molecule has 1 saturated heterocycles. The van der Waals surface area contributed by atoms with Gasteiger partial charge in [0.15, 0.2) is 0 Å². The molecule has 1 fully saturated rings. The average Bonchev–Trinajstić information content (AvgIpc) is 3.02. The highest BCUT2D eigenvalue weighted by molar-refractivity contribution is 5.92. The molecular formula is C16H18F3N3O4. The number of amides is 3. The van der Waals surface area contributed by atoms with Gasteiger partial charge in [-0.3, -0.25) is 9.59 Å². The lowest BCUT2D eigenvalue weighted by atomic mass is 9.96. The van der Waals surface area contributed by atoms with Crippen LogP contribution < -0.4 is 10.6 Å². The number of carboxylic acids is 1. The van der Waals surface area contributed by atoms with Crippen LogP contribution >= 0.6 is 0 Å². The summed E-state index contributed by atoms with van der Waals surface area (Å²) in [4.78, 5) is 35.3. The number of carboxylic acid groups (broad SMARTS) is 1. The van der Waals surface area contributed by atoms with Crippen LogP contribution in [0.1, 0.15) is 13.3 Å². The molecule has 26 heavy (non-hydrogen) atoms. The summed E-state index contributed by atoms with van der Waals surface area (Å²) in [5.74, 6) is -5.56. The van der Waals surface area contributed by atoms with Gasteiger partial charge in [-0.05, 0) is 24.3 Å². The van der Waals surface area contributed by atoms with Crippen molar-refractivity contribution in [1.29, 1.82) is 0 Å². The van der Waals surface area contributed by atoms with E-state index >= 15 is 0 Å². The van der Waals surface area contributed by atoms with Crippen LogP contribution in [0.4, 0.5) is 29.3 Å². The summed E-state index contributed by atoms with van der Waals surface area (Å²) in [6, 6.07) is 5.22. The first kappa shape index (κ1) is 19.5. The van der Waals surface area contributed by atoms with Crippen LogP contribution in [0.2, 0.25) is 0 Å². The fraction of sp³-hybridized carbons (Fsp3) is 0.438. The third-order valence-corrected chi connectivity index (χ3v) is 4.09. The average molecular weight is 373 g/mol. The Hall–Kier alpha value is -2.78. The highest BCUT2D eigenvalue weighted by atomic mass is 19.4. The maximum absolute atomic E-state index is 13.0. The first-order chi connectivity index (χ1) is 12.1. The number of hydrogen-bond donors (Lipinski definition) is 3. The van der Waals surface area contributed by atoms with Crippen LogP contribution in [0, 0.1) is 11.8 Å². The normalized spacial score (nSPS) is 19.9. The Kier molecular flexibility index (Phi) is 5.73. The third kappa shape index (κ3) is 4.64. The molecule has 0 aromatic heterocycles.